The first-order chi connectivity index (χ1) is 17.5. The van der Waals surface area contributed by atoms with Gasteiger partial charge in [-0.25, -0.2) is 0 Å². The van der Waals surface area contributed by atoms with Gasteiger partial charge in [-0.15, -0.1) is 11.8 Å². The smallest absolute Gasteiger partial charge is 0.269 e. The zero-order valence-corrected chi connectivity index (χ0v) is 20.1. The number of ketones is 1. The van der Waals surface area contributed by atoms with Crippen molar-refractivity contribution >= 4 is 34.8 Å². The van der Waals surface area contributed by atoms with Crippen LogP contribution in [0.3, 0.4) is 0 Å². The molecule has 6 rings (SSSR count). The Balaban J connectivity index is 1.60. The molecule has 1 amide bonds. The van der Waals surface area contributed by atoms with E-state index in [2.05, 4.69) is 15.2 Å². The summed E-state index contributed by atoms with van der Waals surface area (Å²) in [4.78, 5) is 45.5. The minimum Gasteiger partial charge on any atom is -0.497 e. The topological polar surface area (TPSA) is 115 Å². The first-order valence-corrected chi connectivity index (χ1v) is 12.7. The molecule has 0 radical (unpaired) electrons. The van der Waals surface area contributed by atoms with Gasteiger partial charge in [0.05, 0.1) is 18.0 Å². The molecule has 1 aromatic heterocycles. The largest absolute Gasteiger partial charge is 0.497 e. The van der Waals surface area contributed by atoms with Crippen LogP contribution in [0.1, 0.15) is 27.4 Å². The predicted octanol–water partition coefficient (Wildman–Crippen LogP) is 3.82. The second kappa shape index (κ2) is 8.42. The van der Waals surface area contributed by atoms with E-state index < -0.39 is 16.4 Å². The van der Waals surface area contributed by atoms with Gasteiger partial charge in [0, 0.05) is 64.9 Å². The van der Waals surface area contributed by atoms with Crippen LogP contribution in [0.5, 0.6) is 5.75 Å². The van der Waals surface area contributed by atoms with Crippen LogP contribution in [0.15, 0.2) is 67.0 Å². The highest BCUT2D eigenvalue weighted by atomic mass is 32.2. The molecule has 10 heteroatoms. The van der Waals surface area contributed by atoms with Crippen molar-refractivity contribution in [1.29, 1.82) is 0 Å². The fraction of sp³-hybridized carbons (Fsp3) is 0.269. The van der Waals surface area contributed by atoms with Crippen molar-refractivity contribution in [1.82, 2.24) is 9.88 Å². The number of nitro benzene ring substituents is 1. The number of hydrogen-bond donors (Lipinski definition) is 1. The van der Waals surface area contributed by atoms with Crippen LogP contribution >= 0.6 is 11.8 Å². The van der Waals surface area contributed by atoms with E-state index in [-0.39, 0.29) is 29.3 Å². The van der Waals surface area contributed by atoms with Crippen molar-refractivity contribution in [2.24, 2.45) is 5.92 Å². The molecule has 3 aliphatic rings. The number of nitrogens with one attached hydrogen (secondary N) is 1. The summed E-state index contributed by atoms with van der Waals surface area (Å²) in [6.07, 6.45) is 3.13. The quantitative estimate of drug-likeness (QED) is 0.318. The van der Waals surface area contributed by atoms with Crippen LogP contribution in [0.2, 0.25) is 0 Å². The van der Waals surface area contributed by atoms with Crippen molar-refractivity contribution < 1.29 is 19.2 Å². The van der Waals surface area contributed by atoms with Crippen LogP contribution in [0.25, 0.3) is 0 Å². The van der Waals surface area contributed by atoms with E-state index in [9.17, 15) is 19.7 Å². The van der Waals surface area contributed by atoms with Gasteiger partial charge in [0.15, 0.2) is 5.78 Å². The standard InChI is InChI=1S/C26H22N4O5S/c1-35-18-8-9-20-19(11-18)26(25(32)28-20)23(24(31)16-3-2-10-27-12-16)22(21-13-36-14-29(21)26)15-4-6-17(7-5-15)30(33)34/h2-12,21-23H,13-14H2,1H3,(H,28,32)/t21?,22?,23?,26-/m1/s1. The Morgan fingerprint density at radius 1 is 1.25 bits per heavy atom. The summed E-state index contributed by atoms with van der Waals surface area (Å²) in [6.45, 7) is 0. The third-order valence-corrected chi connectivity index (χ3v) is 8.58. The molecular formula is C26H22N4O5S. The fourth-order valence-electron chi connectivity index (χ4n) is 6.06. The minimum absolute atomic E-state index is 0.0204. The molecule has 0 bridgehead atoms. The number of fused-ring (bicyclic) bond motifs is 4. The van der Waals surface area contributed by atoms with Crippen molar-refractivity contribution in [2.75, 3.05) is 24.1 Å². The van der Waals surface area contributed by atoms with Gasteiger partial charge < -0.3 is 10.1 Å². The number of non-ortho nitro benzene ring substituents is 1. The molecule has 9 nitrogen and oxygen atoms in total. The molecule has 3 aromatic rings. The number of amides is 1. The molecule has 3 aliphatic heterocycles. The molecule has 4 heterocycles. The number of carbonyl (C=O) groups excluding carboxylic acids is 2. The number of anilines is 1. The van der Waals surface area contributed by atoms with Crippen molar-refractivity contribution in [3.8, 4) is 5.75 Å². The molecular weight excluding hydrogens is 480 g/mol. The summed E-state index contributed by atoms with van der Waals surface area (Å²) >= 11 is 1.71. The van der Waals surface area contributed by atoms with Crippen molar-refractivity contribution in [2.45, 2.75) is 17.5 Å². The summed E-state index contributed by atoms with van der Waals surface area (Å²) in [5.41, 5.74) is 1.31. The molecule has 1 N–H and O–H groups in total. The van der Waals surface area contributed by atoms with E-state index in [0.717, 1.165) is 11.3 Å². The Morgan fingerprint density at radius 2 is 2.06 bits per heavy atom. The summed E-state index contributed by atoms with van der Waals surface area (Å²) in [6, 6.07) is 15.1. The van der Waals surface area contributed by atoms with Crippen molar-refractivity contribution in [3.63, 3.8) is 0 Å². The Labute approximate surface area is 211 Å². The van der Waals surface area contributed by atoms with E-state index in [4.69, 9.17) is 4.74 Å². The number of benzene rings is 2. The molecule has 0 saturated carbocycles. The average Bonchev–Trinajstić information content (AvgIpc) is 3.57. The molecule has 0 aliphatic carbocycles. The molecule has 4 atom stereocenters. The second-order valence-electron chi connectivity index (χ2n) is 9.13. The van der Waals surface area contributed by atoms with Gasteiger partial charge in [-0.2, -0.15) is 0 Å². The number of rotatable bonds is 5. The van der Waals surface area contributed by atoms with E-state index in [1.54, 1.807) is 55.4 Å². The van der Waals surface area contributed by atoms with Gasteiger partial charge in [0.25, 0.3) is 5.69 Å². The maximum Gasteiger partial charge on any atom is 0.269 e. The Kier molecular flexibility index (Phi) is 5.31. The molecule has 36 heavy (non-hydrogen) atoms. The van der Waals surface area contributed by atoms with E-state index in [1.165, 1.54) is 18.3 Å². The SMILES string of the molecule is COc1ccc2c(c1)[C@]1(C(=O)N2)C(C(=O)c2cccnc2)C(c2ccc([N+](=O)[O-])cc2)C2CSCN21. The first kappa shape index (κ1) is 22.7. The number of aromatic nitrogens is 1. The maximum absolute atomic E-state index is 14.3. The average molecular weight is 503 g/mol. The number of methoxy groups -OCH3 is 1. The van der Waals surface area contributed by atoms with Gasteiger partial charge in [-0.1, -0.05) is 12.1 Å². The van der Waals surface area contributed by atoms with Crippen LogP contribution in [0, 0.1) is 16.0 Å². The zero-order valence-electron chi connectivity index (χ0n) is 19.3. The lowest BCUT2D eigenvalue weighted by molar-refractivity contribution is -0.384. The number of thioether (sulfide) groups is 1. The number of ether oxygens (including phenoxy) is 1. The van der Waals surface area contributed by atoms with Crippen LogP contribution in [-0.2, 0) is 10.3 Å². The van der Waals surface area contributed by atoms with E-state index in [1.807, 2.05) is 12.1 Å². The highest BCUT2D eigenvalue weighted by molar-refractivity contribution is 7.99. The minimum atomic E-state index is -1.25. The number of hydrogen-bond acceptors (Lipinski definition) is 8. The third-order valence-electron chi connectivity index (χ3n) is 7.55. The summed E-state index contributed by atoms with van der Waals surface area (Å²) in [5.74, 6) is 0.335. The fourth-order valence-corrected chi connectivity index (χ4v) is 7.39. The van der Waals surface area contributed by atoms with Crippen LogP contribution in [-0.4, -0.2) is 51.3 Å². The summed E-state index contributed by atoms with van der Waals surface area (Å²) < 4.78 is 5.49. The van der Waals surface area contributed by atoms with E-state index >= 15 is 0 Å². The lowest BCUT2D eigenvalue weighted by atomic mass is 9.69. The first-order valence-electron chi connectivity index (χ1n) is 11.5. The number of pyridine rings is 1. The predicted molar refractivity (Wildman–Crippen MR) is 134 cm³/mol. The lowest BCUT2D eigenvalue weighted by Crippen LogP contribution is -2.52. The summed E-state index contributed by atoms with van der Waals surface area (Å²) in [5, 5.41) is 14.3. The summed E-state index contributed by atoms with van der Waals surface area (Å²) in [7, 11) is 1.57. The van der Waals surface area contributed by atoms with Gasteiger partial charge >= 0.3 is 0 Å². The van der Waals surface area contributed by atoms with Crippen LogP contribution in [0.4, 0.5) is 11.4 Å². The number of Topliss-reactive ketones (excluding diaryl/α,β-unsaturated/α-hetero) is 1. The highest BCUT2D eigenvalue weighted by Crippen LogP contribution is 2.61. The Bertz CT molecular complexity index is 1380. The van der Waals surface area contributed by atoms with Crippen molar-refractivity contribution in [3.05, 3.63) is 93.8 Å². The molecule has 3 unspecified atom stereocenters. The molecule has 182 valence electrons. The zero-order chi connectivity index (χ0) is 25.0. The van der Waals surface area contributed by atoms with Gasteiger partial charge in [-0.05, 0) is 35.9 Å². The second-order valence-corrected chi connectivity index (χ2v) is 10.1. The number of nitrogens with zero attached hydrogens (tertiary/aromatic N) is 3. The van der Waals surface area contributed by atoms with Gasteiger partial charge in [0.2, 0.25) is 5.91 Å². The molecule has 2 aromatic carbocycles. The number of nitro groups is 1. The Hall–Kier alpha value is -3.76. The van der Waals surface area contributed by atoms with Gasteiger partial charge in [0.1, 0.15) is 11.3 Å². The number of carbonyl (C=O) groups is 2. The van der Waals surface area contributed by atoms with Gasteiger partial charge in [-0.3, -0.25) is 29.6 Å². The molecule has 1 spiro atoms. The molecule has 2 fully saturated rings. The van der Waals surface area contributed by atoms with E-state index in [0.29, 0.717) is 28.4 Å². The highest BCUT2D eigenvalue weighted by Gasteiger charge is 2.69. The molecule has 2 saturated heterocycles. The lowest BCUT2D eigenvalue weighted by Gasteiger charge is -2.36. The maximum atomic E-state index is 14.3. The monoisotopic (exact) mass is 502 g/mol. The Morgan fingerprint density at radius 3 is 2.75 bits per heavy atom. The normalized spacial score (nSPS) is 26.5. The third kappa shape index (κ3) is 3.11. The van der Waals surface area contributed by atoms with Crippen LogP contribution < -0.4 is 10.1 Å².